The molecule has 0 bridgehead atoms. The second-order valence-electron chi connectivity index (χ2n) is 6.77. The Morgan fingerprint density at radius 2 is 2.07 bits per heavy atom. The van der Waals surface area contributed by atoms with Gasteiger partial charge in [-0.15, -0.1) is 11.3 Å². The molecule has 4 rings (SSSR count). The number of thiophene rings is 1. The van der Waals surface area contributed by atoms with Crippen LogP contribution in [0.1, 0.15) is 22.9 Å². The van der Waals surface area contributed by atoms with Crippen molar-refractivity contribution in [2.45, 2.75) is 26.8 Å². The Balaban J connectivity index is 1.32. The third kappa shape index (κ3) is 4.12. The van der Waals surface area contributed by atoms with Gasteiger partial charge in [0.15, 0.2) is 5.76 Å². The van der Waals surface area contributed by atoms with Crippen molar-refractivity contribution in [3.8, 4) is 10.8 Å². The first-order valence-electron chi connectivity index (χ1n) is 9.01. The van der Waals surface area contributed by atoms with Gasteiger partial charge in [-0.25, -0.2) is 4.98 Å². The molecule has 0 radical (unpaired) electrons. The fraction of sp³-hybridized carbons (Fsp3) is 0.421. The summed E-state index contributed by atoms with van der Waals surface area (Å²) in [7, 11) is 0. The highest BCUT2D eigenvalue weighted by atomic mass is 32.1. The van der Waals surface area contributed by atoms with Crippen LogP contribution in [0.25, 0.3) is 10.8 Å². The van der Waals surface area contributed by atoms with E-state index in [9.17, 15) is 4.79 Å². The van der Waals surface area contributed by atoms with Crippen molar-refractivity contribution in [2.24, 2.45) is 0 Å². The summed E-state index contributed by atoms with van der Waals surface area (Å²) in [5.74, 6) is 2.27. The largest absolute Gasteiger partial charge is 0.440 e. The molecule has 1 saturated heterocycles. The molecule has 0 aliphatic carbocycles. The molecular formula is C19H22N4O3S. The highest BCUT2D eigenvalue weighted by Gasteiger charge is 2.24. The first-order chi connectivity index (χ1) is 13.1. The van der Waals surface area contributed by atoms with Crippen LogP contribution in [0.3, 0.4) is 0 Å². The van der Waals surface area contributed by atoms with E-state index < -0.39 is 0 Å². The number of carbonyl (C=O) groups excluding carboxylic acids is 1. The van der Waals surface area contributed by atoms with Crippen LogP contribution in [0.5, 0.6) is 0 Å². The van der Waals surface area contributed by atoms with Gasteiger partial charge in [-0.05, 0) is 25.3 Å². The molecule has 0 N–H and O–H groups in total. The molecule has 0 unspecified atom stereocenters. The molecule has 3 aromatic heterocycles. The Bertz CT molecular complexity index is 907. The number of carbonyl (C=O) groups is 1. The Morgan fingerprint density at radius 1 is 1.26 bits per heavy atom. The van der Waals surface area contributed by atoms with Crippen LogP contribution in [0.2, 0.25) is 0 Å². The quantitative estimate of drug-likeness (QED) is 0.671. The van der Waals surface area contributed by atoms with E-state index in [0.29, 0.717) is 24.7 Å². The molecule has 0 saturated carbocycles. The van der Waals surface area contributed by atoms with Gasteiger partial charge >= 0.3 is 0 Å². The molecular weight excluding hydrogens is 364 g/mol. The predicted octanol–water partition coefficient (Wildman–Crippen LogP) is 2.89. The summed E-state index contributed by atoms with van der Waals surface area (Å²) in [6.07, 6.45) is 0.280. The van der Waals surface area contributed by atoms with E-state index in [1.807, 2.05) is 42.3 Å². The lowest BCUT2D eigenvalue weighted by molar-refractivity contribution is -0.132. The molecule has 7 nitrogen and oxygen atoms in total. The van der Waals surface area contributed by atoms with Gasteiger partial charge in [-0.2, -0.15) is 0 Å². The first-order valence-corrected chi connectivity index (χ1v) is 9.89. The molecule has 0 atom stereocenters. The number of aryl methyl sites for hydroxylation is 2. The molecule has 142 valence electrons. The molecule has 1 amide bonds. The van der Waals surface area contributed by atoms with Gasteiger partial charge in [-0.3, -0.25) is 9.69 Å². The van der Waals surface area contributed by atoms with Gasteiger partial charge in [0, 0.05) is 32.2 Å². The van der Waals surface area contributed by atoms with Gasteiger partial charge < -0.3 is 13.8 Å². The van der Waals surface area contributed by atoms with E-state index in [1.54, 1.807) is 11.3 Å². The van der Waals surface area contributed by atoms with Crippen LogP contribution < -0.4 is 0 Å². The van der Waals surface area contributed by atoms with E-state index in [0.717, 1.165) is 41.7 Å². The van der Waals surface area contributed by atoms with Crippen LogP contribution in [0, 0.1) is 13.8 Å². The number of amides is 1. The molecule has 1 aliphatic rings. The summed E-state index contributed by atoms with van der Waals surface area (Å²) in [5, 5.41) is 5.90. The fourth-order valence-corrected chi connectivity index (χ4v) is 3.87. The number of nitrogens with zero attached hydrogens (tertiary/aromatic N) is 4. The number of oxazole rings is 1. The maximum Gasteiger partial charge on any atom is 0.236 e. The molecule has 8 heteroatoms. The fourth-order valence-electron chi connectivity index (χ4n) is 3.22. The van der Waals surface area contributed by atoms with Gasteiger partial charge in [0.05, 0.1) is 29.2 Å². The van der Waals surface area contributed by atoms with Crippen molar-refractivity contribution >= 4 is 17.2 Å². The Hall–Kier alpha value is -2.45. The van der Waals surface area contributed by atoms with Crippen molar-refractivity contribution < 1.29 is 13.7 Å². The monoisotopic (exact) mass is 386 g/mol. The molecule has 27 heavy (non-hydrogen) atoms. The van der Waals surface area contributed by atoms with E-state index in [1.165, 1.54) is 0 Å². The van der Waals surface area contributed by atoms with Gasteiger partial charge in [0.1, 0.15) is 5.76 Å². The standard InChI is InChI=1S/C19H22N4O3S/c1-13-10-15(26-21-13)12-22-5-7-23(8-6-22)18(24)11-16-14(2)25-19(20-16)17-4-3-9-27-17/h3-4,9-10H,5-8,11-12H2,1-2H3. The summed E-state index contributed by atoms with van der Waals surface area (Å²) < 4.78 is 11.0. The zero-order valence-electron chi connectivity index (χ0n) is 15.5. The summed E-state index contributed by atoms with van der Waals surface area (Å²) >= 11 is 1.58. The van der Waals surface area contributed by atoms with E-state index in [2.05, 4.69) is 15.0 Å². The minimum absolute atomic E-state index is 0.0966. The maximum atomic E-state index is 12.7. The maximum absolute atomic E-state index is 12.7. The Kier molecular flexibility index (Phi) is 5.09. The first kappa shape index (κ1) is 17.9. The van der Waals surface area contributed by atoms with Crippen molar-refractivity contribution in [3.63, 3.8) is 0 Å². The molecule has 1 fully saturated rings. The second-order valence-corrected chi connectivity index (χ2v) is 7.72. The van der Waals surface area contributed by atoms with E-state index in [-0.39, 0.29) is 12.3 Å². The third-order valence-corrected chi connectivity index (χ3v) is 5.58. The highest BCUT2D eigenvalue weighted by Crippen LogP contribution is 2.26. The van der Waals surface area contributed by atoms with E-state index >= 15 is 0 Å². The number of rotatable bonds is 5. The average molecular weight is 386 g/mol. The van der Waals surface area contributed by atoms with Crippen molar-refractivity contribution in [2.75, 3.05) is 26.2 Å². The number of piperazine rings is 1. The lowest BCUT2D eigenvalue weighted by Gasteiger charge is -2.34. The highest BCUT2D eigenvalue weighted by molar-refractivity contribution is 7.13. The van der Waals surface area contributed by atoms with Crippen molar-refractivity contribution in [1.29, 1.82) is 0 Å². The van der Waals surface area contributed by atoms with Crippen molar-refractivity contribution in [3.05, 3.63) is 46.5 Å². The van der Waals surface area contributed by atoms with Gasteiger partial charge in [0.2, 0.25) is 11.8 Å². The number of aromatic nitrogens is 2. The zero-order chi connectivity index (χ0) is 18.8. The SMILES string of the molecule is Cc1cc(CN2CCN(C(=O)Cc3nc(-c4cccs4)oc3C)CC2)on1. The van der Waals surface area contributed by atoms with Crippen LogP contribution in [-0.4, -0.2) is 52.0 Å². The topological polar surface area (TPSA) is 75.6 Å². The van der Waals surface area contributed by atoms with Crippen LogP contribution >= 0.6 is 11.3 Å². The third-order valence-electron chi connectivity index (χ3n) is 4.72. The minimum atomic E-state index is 0.0966. The molecule has 4 heterocycles. The minimum Gasteiger partial charge on any atom is -0.440 e. The normalized spacial score (nSPS) is 15.4. The van der Waals surface area contributed by atoms with Crippen LogP contribution in [-0.2, 0) is 17.8 Å². The van der Waals surface area contributed by atoms with Crippen LogP contribution in [0.15, 0.2) is 32.5 Å². The summed E-state index contributed by atoms with van der Waals surface area (Å²) in [6.45, 7) is 7.58. The average Bonchev–Trinajstić information content (AvgIpc) is 3.38. The van der Waals surface area contributed by atoms with E-state index in [4.69, 9.17) is 8.94 Å². The molecule has 0 aromatic carbocycles. The summed E-state index contributed by atoms with van der Waals surface area (Å²) in [4.78, 5) is 22.4. The predicted molar refractivity (Wildman–Crippen MR) is 101 cm³/mol. The molecule has 1 aliphatic heterocycles. The molecule has 0 spiro atoms. The second kappa shape index (κ2) is 7.66. The van der Waals surface area contributed by atoms with Crippen LogP contribution in [0.4, 0.5) is 0 Å². The van der Waals surface area contributed by atoms with Gasteiger partial charge in [0.25, 0.3) is 0 Å². The summed E-state index contributed by atoms with van der Waals surface area (Å²) in [5.41, 5.74) is 1.62. The zero-order valence-corrected chi connectivity index (χ0v) is 16.3. The van der Waals surface area contributed by atoms with Crippen molar-refractivity contribution in [1.82, 2.24) is 19.9 Å². The Morgan fingerprint density at radius 3 is 2.74 bits per heavy atom. The lowest BCUT2D eigenvalue weighted by Crippen LogP contribution is -2.48. The number of hydrogen-bond acceptors (Lipinski definition) is 7. The number of hydrogen-bond donors (Lipinski definition) is 0. The lowest BCUT2D eigenvalue weighted by atomic mass is 10.2. The Labute approximate surface area is 161 Å². The van der Waals surface area contributed by atoms with Gasteiger partial charge in [-0.1, -0.05) is 11.2 Å². The summed E-state index contributed by atoms with van der Waals surface area (Å²) in [6, 6.07) is 5.89. The smallest absolute Gasteiger partial charge is 0.236 e. The molecule has 3 aromatic rings.